The van der Waals surface area contributed by atoms with E-state index >= 15 is 0 Å². The van der Waals surface area contributed by atoms with Crippen LogP contribution in [-0.4, -0.2) is 85.9 Å². The fourth-order valence-electron chi connectivity index (χ4n) is 1.46. The summed E-state index contributed by atoms with van der Waals surface area (Å²) in [6, 6.07) is 0. The van der Waals surface area contributed by atoms with E-state index in [1.807, 2.05) is 0 Å². The van der Waals surface area contributed by atoms with Crippen LogP contribution in [0.2, 0.25) is 0 Å². The number of hydrogen-bond acceptors (Lipinski definition) is 8. The van der Waals surface area contributed by atoms with Crippen molar-refractivity contribution in [2.24, 2.45) is 0 Å². The van der Waals surface area contributed by atoms with Crippen molar-refractivity contribution in [2.45, 2.75) is 0 Å². The standard InChI is InChI=1S/C8H13N5O3.Na.H3O4P.H/c9-8-11-6-5(7(15)12-8)10-3-13(6)4-16-2-1-14;;1-5(2,3)4;/h10,14H,1-4H2,(H3,9,11,12,15);;(H3,1,2,3,4);. The van der Waals surface area contributed by atoms with Gasteiger partial charge < -0.3 is 40.5 Å². The number of aromatic amines is 1. The molecule has 1 aliphatic heterocycles. The molecule has 2 heterocycles. The van der Waals surface area contributed by atoms with Crippen molar-refractivity contribution in [3.05, 3.63) is 10.4 Å². The molecule has 8 N–H and O–H groups in total. The molecule has 1 aromatic heterocycles. The fraction of sp³-hybridized carbons (Fsp3) is 0.500. The van der Waals surface area contributed by atoms with Gasteiger partial charge in [0.15, 0.2) is 5.82 Å². The first kappa shape index (κ1) is 21.3. The second kappa shape index (κ2) is 9.45. The molecule has 0 unspecified atom stereocenters. The Labute approximate surface area is 146 Å². The number of H-pyrrole nitrogens is 1. The van der Waals surface area contributed by atoms with Gasteiger partial charge in [0.25, 0.3) is 5.56 Å². The number of nitrogens with zero attached hydrogens (tertiary/aromatic N) is 2. The predicted octanol–water partition coefficient (Wildman–Crippen LogP) is -3.07. The molecule has 0 spiro atoms. The van der Waals surface area contributed by atoms with Crippen molar-refractivity contribution in [1.82, 2.24) is 9.97 Å². The number of nitrogens with two attached hydrogens (primary N) is 1. The molecule has 122 valence electrons. The molecule has 0 fully saturated rings. The van der Waals surface area contributed by atoms with E-state index in [0.29, 0.717) is 18.2 Å². The number of hydrogen-bond donors (Lipinski definition) is 7. The Bertz CT molecular complexity index is 570. The molecule has 1 aliphatic rings. The van der Waals surface area contributed by atoms with E-state index < -0.39 is 7.82 Å². The first-order chi connectivity index (χ1) is 9.72. The van der Waals surface area contributed by atoms with Gasteiger partial charge in [-0.1, -0.05) is 0 Å². The summed E-state index contributed by atoms with van der Waals surface area (Å²) in [4.78, 5) is 41.2. The van der Waals surface area contributed by atoms with Gasteiger partial charge in [-0.05, 0) is 0 Å². The predicted molar refractivity (Wildman–Crippen MR) is 79.6 cm³/mol. The third kappa shape index (κ3) is 7.54. The number of ether oxygens (including phenoxy) is 1. The number of aliphatic hydroxyl groups is 1. The van der Waals surface area contributed by atoms with Gasteiger partial charge in [-0.15, -0.1) is 0 Å². The summed E-state index contributed by atoms with van der Waals surface area (Å²) in [5.74, 6) is 0.541. The SMILES string of the molecule is Nc1nc2c(c(=O)[nH]1)NCN2COCCO.O=P(O)(O)O.[NaH]. The normalized spacial score (nSPS) is 12.6. The topological polar surface area (TPSA) is 194 Å². The average molecular weight is 349 g/mol. The Morgan fingerprint density at radius 2 is 2.00 bits per heavy atom. The maximum atomic E-state index is 11.5. The van der Waals surface area contributed by atoms with Gasteiger partial charge in [0.05, 0.1) is 19.9 Å². The monoisotopic (exact) mass is 349 g/mol. The molecule has 14 heteroatoms. The number of aromatic nitrogens is 2. The number of fused-ring (bicyclic) bond motifs is 1. The second-order valence-corrected chi connectivity index (χ2v) is 4.83. The van der Waals surface area contributed by atoms with Gasteiger partial charge in [-0.2, -0.15) is 4.98 Å². The van der Waals surface area contributed by atoms with Crippen molar-refractivity contribution in [1.29, 1.82) is 0 Å². The molecular formula is C8H17N5NaO7P. The number of nitrogen functional groups attached to an aromatic ring is 1. The molecular weight excluding hydrogens is 332 g/mol. The Balaban J connectivity index is 0.000000644. The van der Waals surface area contributed by atoms with Crippen LogP contribution in [0.4, 0.5) is 17.5 Å². The van der Waals surface area contributed by atoms with E-state index in [-0.39, 0.29) is 61.0 Å². The molecule has 0 aliphatic carbocycles. The van der Waals surface area contributed by atoms with Crippen LogP contribution < -0.4 is 21.5 Å². The van der Waals surface area contributed by atoms with E-state index in [9.17, 15) is 4.79 Å². The van der Waals surface area contributed by atoms with Crippen molar-refractivity contribution >= 4 is 54.8 Å². The molecule has 0 atom stereocenters. The van der Waals surface area contributed by atoms with Crippen LogP contribution in [0.3, 0.4) is 0 Å². The zero-order chi connectivity index (χ0) is 16.0. The van der Waals surface area contributed by atoms with E-state index in [4.69, 9.17) is 34.8 Å². The molecule has 0 bridgehead atoms. The van der Waals surface area contributed by atoms with Crippen molar-refractivity contribution in [3.63, 3.8) is 0 Å². The number of anilines is 3. The van der Waals surface area contributed by atoms with Gasteiger partial charge in [0, 0.05) is 0 Å². The third-order valence-electron chi connectivity index (χ3n) is 2.15. The third-order valence-corrected chi connectivity index (χ3v) is 2.15. The van der Waals surface area contributed by atoms with E-state index in [0.717, 1.165) is 0 Å². The maximum absolute atomic E-state index is 11.5. The quantitative estimate of drug-likeness (QED) is 0.166. The second-order valence-electron chi connectivity index (χ2n) is 3.80. The Morgan fingerprint density at radius 3 is 2.55 bits per heavy atom. The van der Waals surface area contributed by atoms with Crippen LogP contribution in [-0.2, 0) is 9.30 Å². The molecule has 22 heavy (non-hydrogen) atoms. The van der Waals surface area contributed by atoms with Crippen LogP contribution in [0.1, 0.15) is 0 Å². The van der Waals surface area contributed by atoms with Gasteiger partial charge in [-0.25, -0.2) is 4.57 Å². The number of rotatable bonds is 4. The summed E-state index contributed by atoms with van der Waals surface area (Å²) in [5.41, 5.74) is 5.54. The first-order valence-electron chi connectivity index (χ1n) is 5.58. The first-order valence-corrected chi connectivity index (χ1v) is 7.14. The Hall–Kier alpha value is -0.690. The summed E-state index contributed by atoms with van der Waals surface area (Å²) in [5, 5.41) is 11.5. The van der Waals surface area contributed by atoms with Crippen molar-refractivity contribution in [2.75, 3.05) is 42.6 Å². The van der Waals surface area contributed by atoms with Crippen LogP contribution in [0.5, 0.6) is 0 Å². The summed E-state index contributed by atoms with van der Waals surface area (Å²) in [7, 11) is -4.64. The minimum atomic E-state index is -4.64. The van der Waals surface area contributed by atoms with Gasteiger partial charge in [0.2, 0.25) is 5.95 Å². The zero-order valence-electron chi connectivity index (χ0n) is 10.8. The number of nitrogens with one attached hydrogen (secondary N) is 2. The van der Waals surface area contributed by atoms with Gasteiger partial charge in [0.1, 0.15) is 12.4 Å². The van der Waals surface area contributed by atoms with Crippen LogP contribution in [0.15, 0.2) is 4.79 Å². The van der Waals surface area contributed by atoms with Crippen LogP contribution in [0.25, 0.3) is 0 Å². The van der Waals surface area contributed by atoms with Gasteiger partial charge in [-0.3, -0.25) is 9.78 Å². The average Bonchev–Trinajstić information content (AvgIpc) is 2.71. The molecule has 1 aromatic rings. The molecule has 0 saturated heterocycles. The van der Waals surface area contributed by atoms with E-state index in [1.165, 1.54) is 0 Å². The Kier molecular flexibility index (Phi) is 9.15. The van der Waals surface area contributed by atoms with Crippen molar-refractivity contribution < 1.29 is 29.1 Å². The molecule has 2 rings (SSSR count). The summed E-state index contributed by atoms with van der Waals surface area (Å²) in [6.45, 7) is 0.875. The molecule has 0 aromatic carbocycles. The number of aliphatic hydroxyl groups excluding tert-OH is 1. The van der Waals surface area contributed by atoms with E-state index in [2.05, 4.69) is 15.3 Å². The van der Waals surface area contributed by atoms with Gasteiger partial charge >= 0.3 is 37.4 Å². The minimum absolute atomic E-state index is 0. The zero-order valence-corrected chi connectivity index (χ0v) is 11.7. The van der Waals surface area contributed by atoms with Crippen molar-refractivity contribution in [3.8, 4) is 0 Å². The Morgan fingerprint density at radius 1 is 1.41 bits per heavy atom. The number of phosphoric acid groups is 1. The molecule has 0 radical (unpaired) electrons. The van der Waals surface area contributed by atoms with Crippen LogP contribution in [0, 0.1) is 0 Å². The summed E-state index contributed by atoms with van der Waals surface area (Å²) >= 11 is 0. The van der Waals surface area contributed by atoms with Crippen LogP contribution >= 0.6 is 7.82 Å². The summed E-state index contributed by atoms with van der Waals surface area (Å²) in [6.07, 6.45) is 0. The molecule has 0 amide bonds. The van der Waals surface area contributed by atoms with E-state index in [1.54, 1.807) is 4.90 Å². The molecule has 0 saturated carbocycles. The fourth-order valence-corrected chi connectivity index (χ4v) is 1.46. The summed E-state index contributed by atoms with van der Waals surface area (Å²) < 4.78 is 14.0. The molecule has 12 nitrogen and oxygen atoms in total.